The van der Waals surface area contributed by atoms with Gasteiger partial charge in [-0.05, 0) is 36.6 Å². The Balaban J connectivity index is 1.79. The molecule has 3 rings (SSSR count). The number of nitrogens with two attached hydrogens (primary N) is 1. The van der Waals surface area contributed by atoms with Crippen LogP contribution in [0.25, 0.3) is 11.7 Å². The van der Waals surface area contributed by atoms with Crippen LogP contribution >= 0.6 is 0 Å². The highest BCUT2D eigenvalue weighted by molar-refractivity contribution is 5.47. The first-order chi connectivity index (χ1) is 8.86. The summed E-state index contributed by atoms with van der Waals surface area (Å²) in [5.41, 5.74) is 5.49. The molecule has 0 saturated carbocycles. The van der Waals surface area contributed by atoms with Gasteiger partial charge in [0.1, 0.15) is 5.76 Å². The Bertz CT molecular complexity index is 514. The van der Waals surface area contributed by atoms with Crippen LogP contribution in [0.2, 0.25) is 0 Å². The lowest BCUT2D eigenvalue weighted by atomic mass is 10.1. The standard InChI is InChI=1S/C12H16N4O2/c13-8-9-4-5-10(17-9)11-14-12(15-18-11)16-6-2-1-3-7-16/h4-5H,1-3,6-8,13H2. The second kappa shape index (κ2) is 4.81. The SMILES string of the molecule is NCc1ccc(-c2nc(N3CCCCC3)no2)o1. The van der Waals surface area contributed by atoms with E-state index in [2.05, 4.69) is 15.0 Å². The smallest absolute Gasteiger partial charge is 0.295 e. The van der Waals surface area contributed by atoms with Crippen molar-refractivity contribution in [3.8, 4) is 11.7 Å². The third-order valence-corrected chi connectivity index (χ3v) is 3.13. The number of hydrogen-bond acceptors (Lipinski definition) is 6. The lowest BCUT2D eigenvalue weighted by Crippen LogP contribution is -2.30. The molecular weight excluding hydrogens is 232 g/mol. The van der Waals surface area contributed by atoms with Crippen LogP contribution in [-0.2, 0) is 6.54 Å². The van der Waals surface area contributed by atoms with E-state index in [0.717, 1.165) is 13.1 Å². The zero-order valence-corrected chi connectivity index (χ0v) is 10.1. The molecule has 96 valence electrons. The minimum absolute atomic E-state index is 0.368. The molecule has 1 aliphatic heterocycles. The molecule has 1 saturated heterocycles. The Kier molecular flexibility index (Phi) is 3.02. The van der Waals surface area contributed by atoms with Crippen molar-refractivity contribution in [1.29, 1.82) is 0 Å². The summed E-state index contributed by atoms with van der Waals surface area (Å²) in [7, 11) is 0. The highest BCUT2D eigenvalue weighted by Crippen LogP contribution is 2.23. The van der Waals surface area contributed by atoms with Crippen LogP contribution < -0.4 is 10.6 Å². The van der Waals surface area contributed by atoms with Crippen molar-refractivity contribution < 1.29 is 8.94 Å². The van der Waals surface area contributed by atoms with Crippen LogP contribution in [0, 0.1) is 0 Å². The molecule has 0 spiro atoms. The van der Waals surface area contributed by atoms with Crippen LogP contribution in [0.15, 0.2) is 21.1 Å². The van der Waals surface area contributed by atoms with Crippen LogP contribution in [0.1, 0.15) is 25.0 Å². The topological polar surface area (TPSA) is 81.3 Å². The molecule has 0 aromatic carbocycles. The van der Waals surface area contributed by atoms with Crippen LogP contribution in [0.5, 0.6) is 0 Å². The van der Waals surface area contributed by atoms with Crippen LogP contribution in [0.3, 0.4) is 0 Å². The van der Waals surface area contributed by atoms with Crippen molar-refractivity contribution in [1.82, 2.24) is 10.1 Å². The van der Waals surface area contributed by atoms with Gasteiger partial charge >= 0.3 is 0 Å². The summed E-state index contributed by atoms with van der Waals surface area (Å²) in [6.45, 7) is 2.35. The van der Waals surface area contributed by atoms with Gasteiger partial charge in [0.05, 0.1) is 6.54 Å². The summed E-state index contributed by atoms with van der Waals surface area (Å²) in [6, 6.07) is 3.62. The molecule has 2 aromatic heterocycles. The molecule has 1 fully saturated rings. The first kappa shape index (κ1) is 11.3. The molecule has 18 heavy (non-hydrogen) atoms. The van der Waals surface area contributed by atoms with Gasteiger partial charge in [-0.15, -0.1) is 0 Å². The van der Waals surface area contributed by atoms with E-state index in [1.54, 1.807) is 6.07 Å². The van der Waals surface area contributed by atoms with E-state index >= 15 is 0 Å². The molecular formula is C12H16N4O2. The summed E-state index contributed by atoms with van der Waals surface area (Å²) in [5, 5.41) is 4.00. The Morgan fingerprint density at radius 2 is 2.06 bits per heavy atom. The number of nitrogens with zero attached hydrogens (tertiary/aromatic N) is 3. The average Bonchev–Trinajstić information content (AvgIpc) is 3.08. The fourth-order valence-corrected chi connectivity index (χ4v) is 2.14. The summed E-state index contributed by atoms with van der Waals surface area (Å²) >= 11 is 0. The van der Waals surface area contributed by atoms with Crippen LogP contribution in [0.4, 0.5) is 5.95 Å². The number of aromatic nitrogens is 2. The van der Waals surface area contributed by atoms with E-state index in [9.17, 15) is 0 Å². The van der Waals surface area contributed by atoms with E-state index in [4.69, 9.17) is 14.7 Å². The van der Waals surface area contributed by atoms with Gasteiger partial charge in [-0.3, -0.25) is 0 Å². The zero-order valence-electron chi connectivity index (χ0n) is 10.1. The van der Waals surface area contributed by atoms with Crippen molar-refractivity contribution in [3.63, 3.8) is 0 Å². The third-order valence-electron chi connectivity index (χ3n) is 3.13. The maximum absolute atomic E-state index is 5.49. The molecule has 0 amide bonds. The maximum atomic E-state index is 5.49. The normalized spacial score (nSPS) is 16.2. The Morgan fingerprint density at radius 3 is 2.78 bits per heavy atom. The molecule has 6 nitrogen and oxygen atoms in total. The van der Waals surface area contributed by atoms with Crippen molar-refractivity contribution in [2.45, 2.75) is 25.8 Å². The molecule has 2 aromatic rings. The quantitative estimate of drug-likeness (QED) is 0.891. The first-order valence-electron chi connectivity index (χ1n) is 6.24. The number of furan rings is 1. The minimum atomic E-state index is 0.368. The van der Waals surface area contributed by atoms with E-state index < -0.39 is 0 Å². The van der Waals surface area contributed by atoms with Crippen molar-refractivity contribution in [3.05, 3.63) is 17.9 Å². The molecule has 0 bridgehead atoms. The average molecular weight is 248 g/mol. The fraction of sp³-hybridized carbons (Fsp3) is 0.500. The Hall–Kier alpha value is -1.82. The second-order valence-electron chi connectivity index (χ2n) is 4.42. The third kappa shape index (κ3) is 2.11. The molecule has 0 radical (unpaired) electrons. The van der Waals surface area contributed by atoms with Gasteiger partial charge in [0.15, 0.2) is 5.76 Å². The highest BCUT2D eigenvalue weighted by atomic mass is 16.5. The van der Waals surface area contributed by atoms with Crippen LogP contribution in [-0.4, -0.2) is 23.2 Å². The number of anilines is 1. The fourth-order valence-electron chi connectivity index (χ4n) is 2.14. The Labute approximate surface area is 105 Å². The number of hydrogen-bond donors (Lipinski definition) is 1. The molecule has 0 unspecified atom stereocenters. The van der Waals surface area contributed by atoms with E-state index in [1.807, 2.05) is 6.07 Å². The molecule has 2 N–H and O–H groups in total. The molecule has 3 heterocycles. The number of piperidine rings is 1. The monoisotopic (exact) mass is 248 g/mol. The second-order valence-corrected chi connectivity index (χ2v) is 4.42. The van der Waals surface area contributed by atoms with Crippen molar-refractivity contribution in [2.75, 3.05) is 18.0 Å². The van der Waals surface area contributed by atoms with Gasteiger partial charge in [-0.2, -0.15) is 4.98 Å². The molecule has 0 aliphatic carbocycles. The van der Waals surface area contributed by atoms with E-state index in [0.29, 0.717) is 29.9 Å². The van der Waals surface area contributed by atoms with Gasteiger partial charge in [-0.25, -0.2) is 0 Å². The van der Waals surface area contributed by atoms with Crippen molar-refractivity contribution in [2.24, 2.45) is 5.73 Å². The van der Waals surface area contributed by atoms with Gasteiger partial charge in [-0.1, -0.05) is 0 Å². The summed E-state index contributed by atoms with van der Waals surface area (Å²) in [4.78, 5) is 6.51. The zero-order chi connectivity index (χ0) is 12.4. The van der Waals surface area contributed by atoms with Gasteiger partial charge < -0.3 is 19.6 Å². The summed E-state index contributed by atoms with van der Waals surface area (Å²) < 4.78 is 10.7. The van der Waals surface area contributed by atoms with E-state index in [1.165, 1.54) is 19.3 Å². The Morgan fingerprint density at radius 1 is 1.22 bits per heavy atom. The highest BCUT2D eigenvalue weighted by Gasteiger charge is 2.18. The van der Waals surface area contributed by atoms with Gasteiger partial charge in [0, 0.05) is 13.1 Å². The molecule has 6 heteroatoms. The molecule has 1 aliphatic rings. The van der Waals surface area contributed by atoms with Crippen molar-refractivity contribution >= 4 is 5.95 Å². The van der Waals surface area contributed by atoms with Gasteiger partial charge in [0.25, 0.3) is 11.8 Å². The largest absolute Gasteiger partial charge is 0.455 e. The summed E-state index contributed by atoms with van der Waals surface area (Å²) in [6.07, 6.45) is 3.64. The number of rotatable bonds is 3. The maximum Gasteiger partial charge on any atom is 0.295 e. The lowest BCUT2D eigenvalue weighted by molar-refractivity contribution is 0.408. The van der Waals surface area contributed by atoms with Gasteiger partial charge in [0.2, 0.25) is 0 Å². The first-order valence-corrected chi connectivity index (χ1v) is 6.24. The summed E-state index contributed by atoms with van der Waals surface area (Å²) in [5.74, 6) is 2.35. The predicted octanol–water partition coefficient (Wildman–Crippen LogP) is 1.78. The van der Waals surface area contributed by atoms with E-state index in [-0.39, 0.29) is 0 Å². The predicted molar refractivity (Wildman–Crippen MR) is 66.0 cm³/mol. The minimum Gasteiger partial charge on any atom is -0.455 e. The molecule has 0 atom stereocenters. The lowest BCUT2D eigenvalue weighted by Gasteiger charge is -2.24.